The summed E-state index contributed by atoms with van der Waals surface area (Å²) in [7, 11) is -4.16. The van der Waals surface area contributed by atoms with Gasteiger partial charge in [0.05, 0.1) is 18.1 Å². The number of rotatable bonds is 7. The molecule has 0 spiro atoms. The smallest absolute Gasteiger partial charge is 0.344 e. The van der Waals surface area contributed by atoms with Gasteiger partial charge < -0.3 is 14.8 Å². The molecule has 2 aromatic carbocycles. The van der Waals surface area contributed by atoms with Crippen LogP contribution in [0, 0.1) is 12.8 Å². The number of amides is 1. The van der Waals surface area contributed by atoms with Gasteiger partial charge >= 0.3 is 11.9 Å². The van der Waals surface area contributed by atoms with Crippen LogP contribution >= 0.6 is 0 Å². The Morgan fingerprint density at radius 2 is 1.54 bits per heavy atom. The van der Waals surface area contributed by atoms with Crippen molar-refractivity contribution in [3.8, 4) is 0 Å². The zero-order chi connectivity index (χ0) is 27.4. The molecule has 37 heavy (non-hydrogen) atoms. The number of fused-ring (bicyclic) bond motifs is 1. The molecule has 200 valence electrons. The number of aryl methyl sites for hydroxylation is 1. The first-order valence-electron chi connectivity index (χ1n) is 12.3. The number of hydrogen-bond donors (Lipinski definition) is 1. The lowest BCUT2D eigenvalue weighted by Crippen LogP contribution is -2.66. The second kappa shape index (κ2) is 11.4. The van der Waals surface area contributed by atoms with Gasteiger partial charge in [0.15, 0.2) is 0 Å². The van der Waals surface area contributed by atoms with Crippen LogP contribution in [0.4, 0.5) is 0 Å². The van der Waals surface area contributed by atoms with Crippen molar-refractivity contribution in [2.75, 3.05) is 13.2 Å². The quantitative estimate of drug-likeness (QED) is 0.432. The van der Waals surface area contributed by atoms with Crippen molar-refractivity contribution in [2.45, 2.75) is 64.1 Å². The van der Waals surface area contributed by atoms with E-state index in [4.69, 9.17) is 9.47 Å². The fraction of sp³-hybridized carbons (Fsp3) is 0.444. The molecule has 0 unspecified atom stereocenters. The third-order valence-corrected chi connectivity index (χ3v) is 8.16. The molecule has 0 fully saturated rings. The molecule has 0 aliphatic carbocycles. The zero-order valence-electron chi connectivity index (χ0n) is 21.8. The summed E-state index contributed by atoms with van der Waals surface area (Å²) >= 11 is 0. The average molecular weight is 531 g/mol. The second-order valence-corrected chi connectivity index (χ2v) is 11.2. The van der Waals surface area contributed by atoms with Crippen molar-refractivity contribution in [2.24, 2.45) is 5.92 Å². The number of ether oxygens (including phenoxy) is 2. The summed E-state index contributed by atoms with van der Waals surface area (Å²) in [5.74, 6) is -3.23. The molecule has 9 nitrogen and oxygen atoms in total. The molecule has 0 aromatic heterocycles. The minimum atomic E-state index is -4.16. The Labute approximate surface area is 218 Å². The predicted octanol–water partition coefficient (Wildman–Crippen LogP) is 2.75. The molecular weight excluding hydrogens is 496 g/mol. The highest BCUT2D eigenvalue weighted by molar-refractivity contribution is 7.89. The van der Waals surface area contributed by atoms with Crippen LogP contribution in [0.5, 0.6) is 0 Å². The number of esters is 2. The monoisotopic (exact) mass is 530 g/mol. The van der Waals surface area contributed by atoms with Crippen molar-refractivity contribution in [3.63, 3.8) is 0 Å². The first kappa shape index (κ1) is 28.3. The summed E-state index contributed by atoms with van der Waals surface area (Å²) in [6.45, 7) is 8.26. The van der Waals surface area contributed by atoms with Crippen LogP contribution < -0.4 is 5.32 Å². The number of nitrogens with one attached hydrogen (secondary N) is 1. The maximum atomic E-state index is 13.9. The predicted molar refractivity (Wildman–Crippen MR) is 137 cm³/mol. The van der Waals surface area contributed by atoms with Crippen molar-refractivity contribution in [1.29, 1.82) is 0 Å². The number of hydrogen-bond acceptors (Lipinski definition) is 7. The van der Waals surface area contributed by atoms with E-state index in [-0.39, 0.29) is 31.1 Å². The average Bonchev–Trinajstić information content (AvgIpc) is 2.90. The van der Waals surface area contributed by atoms with Crippen molar-refractivity contribution in [1.82, 2.24) is 9.62 Å². The van der Waals surface area contributed by atoms with Gasteiger partial charge in [-0.05, 0) is 49.9 Å². The summed E-state index contributed by atoms with van der Waals surface area (Å²) in [6, 6.07) is 12.0. The Hall–Kier alpha value is -3.24. The minimum absolute atomic E-state index is 0.0287. The Balaban J connectivity index is 2.27. The number of nitrogens with zero attached hydrogens (tertiary/aromatic N) is 1. The van der Waals surface area contributed by atoms with E-state index in [2.05, 4.69) is 5.32 Å². The highest BCUT2D eigenvalue weighted by Gasteiger charge is 2.53. The molecule has 1 heterocycles. The molecule has 0 saturated heterocycles. The third kappa shape index (κ3) is 5.70. The molecule has 0 saturated carbocycles. The lowest BCUT2D eigenvalue weighted by molar-refractivity contribution is -0.168. The topological polar surface area (TPSA) is 119 Å². The van der Waals surface area contributed by atoms with Gasteiger partial charge in [0.1, 0.15) is 6.04 Å². The van der Waals surface area contributed by atoms with Crippen LogP contribution in [-0.4, -0.2) is 55.4 Å². The van der Waals surface area contributed by atoms with E-state index < -0.39 is 45.4 Å². The van der Waals surface area contributed by atoms with Crippen LogP contribution in [0.1, 0.15) is 44.4 Å². The fourth-order valence-corrected chi connectivity index (χ4v) is 6.15. The highest BCUT2D eigenvalue weighted by atomic mass is 32.2. The molecule has 0 bridgehead atoms. The van der Waals surface area contributed by atoms with Crippen molar-refractivity contribution < 1.29 is 32.3 Å². The lowest BCUT2D eigenvalue weighted by Gasteiger charge is -2.34. The number of carbonyl (C=O) groups is 3. The standard InChI is InChI=1S/C27H34N2O7S/c1-6-35-25(31)27(26(32)36-7-2)16-20-10-8-9-11-21(20)17-29(23(18(3)4)24(30)28-27)37(33,34)22-14-12-19(5)13-15-22/h8-15,18,23H,6-7,16-17H2,1-5H3,(H,28,30)/t23-/m0/s1. The molecule has 1 aliphatic heterocycles. The van der Waals surface area contributed by atoms with E-state index in [9.17, 15) is 22.8 Å². The fourth-order valence-electron chi connectivity index (χ4n) is 4.45. The molecule has 1 N–H and O–H groups in total. The first-order chi connectivity index (χ1) is 17.5. The van der Waals surface area contributed by atoms with E-state index >= 15 is 0 Å². The van der Waals surface area contributed by atoms with Crippen LogP contribution in [0.2, 0.25) is 0 Å². The molecule has 2 aromatic rings. The van der Waals surface area contributed by atoms with Crippen LogP contribution in [0.15, 0.2) is 53.4 Å². The summed E-state index contributed by atoms with van der Waals surface area (Å²) in [5.41, 5.74) is -0.230. The maximum absolute atomic E-state index is 13.9. The van der Waals surface area contributed by atoms with Gasteiger partial charge in [-0.2, -0.15) is 4.31 Å². The Morgan fingerprint density at radius 1 is 1.00 bits per heavy atom. The van der Waals surface area contributed by atoms with E-state index in [1.807, 2.05) is 6.92 Å². The van der Waals surface area contributed by atoms with Crippen molar-refractivity contribution in [3.05, 3.63) is 65.2 Å². The summed E-state index contributed by atoms with van der Waals surface area (Å²) in [6.07, 6.45) is -0.254. The van der Waals surface area contributed by atoms with E-state index in [1.165, 1.54) is 12.1 Å². The summed E-state index contributed by atoms with van der Waals surface area (Å²) < 4.78 is 39.5. The molecule has 3 rings (SSSR count). The lowest BCUT2D eigenvalue weighted by atomic mass is 9.88. The molecule has 1 atom stereocenters. The highest BCUT2D eigenvalue weighted by Crippen LogP contribution is 2.30. The van der Waals surface area contributed by atoms with Crippen LogP contribution in [-0.2, 0) is 46.8 Å². The number of carbonyl (C=O) groups excluding carboxylic acids is 3. The van der Waals surface area contributed by atoms with Gasteiger partial charge in [0.2, 0.25) is 21.5 Å². The maximum Gasteiger partial charge on any atom is 0.344 e. The minimum Gasteiger partial charge on any atom is -0.464 e. The molecule has 1 aliphatic rings. The van der Waals surface area contributed by atoms with Gasteiger partial charge in [0, 0.05) is 13.0 Å². The molecular formula is C27H34N2O7S. The zero-order valence-corrected chi connectivity index (χ0v) is 22.6. The largest absolute Gasteiger partial charge is 0.464 e. The van der Waals surface area contributed by atoms with E-state index in [0.717, 1.165) is 9.87 Å². The van der Waals surface area contributed by atoms with Crippen LogP contribution in [0.25, 0.3) is 0 Å². The van der Waals surface area contributed by atoms with Crippen molar-refractivity contribution >= 4 is 27.9 Å². The number of benzene rings is 2. The molecule has 1 amide bonds. The van der Waals surface area contributed by atoms with Gasteiger partial charge in [-0.1, -0.05) is 55.8 Å². The van der Waals surface area contributed by atoms with Gasteiger partial charge in [-0.25, -0.2) is 18.0 Å². The third-order valence-electron chi connectivity index (χ3n) is 6.32. The van der Waals surface area contributed by atoms with Gasteiger partial charge in [-0.3, -0.25) is 4.79 Å². The first-order valence-corrected chi connectivity index (χ1v) is 13.7. The number of sulfonamides is 1. The van der Waals surface area contributed by atoms with Crippen LogP contribution in [0.3, 0.4) is 0 Å². The van der Waals surface area contributed by atoms with E-state index in [1.54, 1.807) is 64.1 Å². The summed E-state index contributed by atoms with van der Waals surface area (Å²) in [4.78, 5) is 40.5. The van der Waals surface area contributed by atoms with E-state index in [0.29, 0.717) is 11.1 Å². The SMILES string of the molecule is CCOC(=O)C1(C(=O)OCC)Cc2ccccc2CN(S(=O)(=O)c2ccc(C)cc2)[C@@H](C(C)C)C(=O)N1. The van der Waals surface area contributed by atoms with Gasteiger partial charge in [0.25, 0.3) is 0 Å². The second-order valence-electron chi connectivity index (χ2n) is 9.33. The Bertz CT molecular complexity index is 1240. The normalized spacial score (nSPS) is 18.1. The Morgan fingerprint density at radius 3 is 2.05 bits per heavy atom. The molecule has 10 heteroatoms. The van der Waals surface area contributed by atoms with Gasteiger partial charge in [-0.15, -0.1) is 0 Å². The Kier molecular flexibility index (Phi) is 8.76. The summed E-state index contributed by atoms with van der Waals surface area (Å²) in [5, 5.41) is 2.58. The molecule has 0 radical (unpaired) electrons.